The topological polar surface area (TPSA) is 60.8 Å². The van der Waals surface area contributed by atoms with Crippen molar-refractivity contribution >= 4 is 8.69 Å². The van der Waals surface area contributed by atoms with Crippen LogP contribution in [0.2, 0.25) is 0 Å². The number of nitrogens with zero attached hydrogens (tertiary/aromatic N) is 1. The molecular formula is C17H24NO3P. The summed E-state index contributed by atoms with van der Waals surface area (Å²) in [5.74, 6) is 1.27. The van der Waals surface area contributed by atoms with Crippen LogP contribution < -0.4 is 0 Å². The van der Waals surface area contributed by atoms with Crippen LogP contribution in [-0.2, 0) is 16.4 Å². The summed E-state index contributed by atoms with van der Waals surface area (Å²) in [4.78, 5) is 9.57. The van der Waals surface area contributed by atoms with Crippen LogP contribution in [0.25, 0.3) is 0 Å². The number of aromatic hydroxyl groups is 1. The maximum absolute atomic E-state index is 9.91. The number of phenolic OH excluding ortho intramolecular Hbond substituents is 1. The highest BCUT2D eigenvalue weighted by Gasteiger charge is 2.52. The van der Waals surface area contributed by atoms with Crippen molar-refractivity contribution in [3.63, 3.8) is 0 Å². The van der Waals surface area contributed by atoms with Crippen molar-refractivity contribution in [2.45, 2.75) is 50.0 Å². The molecule has 1 aromatic carbocycles. The minimum atomic E-state index is -0.833. The number of hydrogen-bond acceptors (Lipinski definition) is 3. The molecule has 4 nitrogen and oxygen atoms in total. The fourth-order valence-corrected chi connectivity index (χ4v) is 5.18. The van der Waals surface area contributed by atoms with Crippen molar-refractivity contribution in [3.8, 4) is 5.75 Å². The quantitative estimate of drug-likeness (QED) is 0.720. The number of likely N-dealkylation sites (N-methyl/N-ethyl adjacent to an activating group) is 1. The van der Waals surface area contributed by atoms with Gasteiger partial charge in [0, 0.05) is 11.5 Å². The van der Waals surface area contributed by atoms with Gasteiger partial charge >= 0.3 is 8.69 Å². The number of piperidine rings is 1. The molecule has 5 heteroatoms. The maximum atomic E-state index is 9.91. The van der Waals surface area contributed by atoms with E-state index in [0.29, 0.717) is 11.2 Å². The molecular weight excluding hydrogens is 297 g/mol. The van der Waals surface area contributed by atoms with E-state index in [1.807, 2.05) is 6.07 Å². The third-order valence-corrected chi connectivity index (χ3v) is 6.10. The van der Waals surface area contributed by atoms with Crippen LogP contribution in [0.1, 0.15) is 43.2 Å². The zero-order valence-corrected chi connectivity index (χ0v) is 13.9. The molecule has 1 aliphatic heterocycles. The molecule has 2 N–H and O–H groups in total. The largest absolute Gasteiger partial charge is 0.508 e. The second kappa shape index (κ2) is 6.27. The minimum Gasteiger partial charge on any atom is -0.508 e. The monoisotopic (exact) mass is 321 g/mol. The molecule has 0 amide bonds. The third-order valence-electron chi connectivity index (χ3n) is 6.10. The Labute approximate surface area is 133 Å². The van der Waals surface area contributed by atoms with Gasteiger partial charge in [0.25, 0.3) is 0 Å². The summed E-state index contributed by atoms with van der Waals surface area (Å²) in [6, 6.07) is 6.85. The molecule has 2 fully saturated rings. The Morgan fingerprint density at radius 3 is 2.86 bits per heavy atom. The molecule has 3 aliphatic rings. The molecule has 2 bridgehead atoms. The van der Waals surface area contributed by atoms with Gasteiger partial charge in [0.2, 0.25) is 0 Å². The van der Waals surface area contributed by atoms with E-state index in [4.69, 9.17) is 9.46 Å². The molecule has 2 aliphatic carbocycles. The first-order valence-electron chi connectivity index (χ1n) is 8.12. The molecule has 0 spiro atoms. The van der Waals surface area contributed by atoms with Crippen LogP contribution in [0.3, 0.4) is 0 Å². The molecule has 1 heterocycles. The summed E-state index contributed by atoms with van der Waals surface area (Å²) in [7, 11) is 1.47. The van der Waals surface area contributed by atoms with Gasteiger partial charge in [-0.15, -0.1) is 0 Å². The van der Waals surface area contributed by atoms with Crippen LogP contribution in [0, 0.1) is 5.92 Å². The first-order chi connectivity index (χ1) is 10.6. The minimum absolute atomic E-state index is 0.377. The maximum Gasteiger partial charge on any atom is 0.324 e. The Hall–Kier alpha value is -0.960. The SMILES string of the molecule is CN1CC[C@]23CCCC[C@H]2[C@H]1Cc1ccc(O)cc13.O=PO. The summed E-state index contributed by atoms with van der Waals surface area (Å²) < 4.78 is 8.46. The molecule has 22 heavy (non-hydrogen) atoms. The lowest BCUT2D eigenvalue weighted by Crippen LogP contribution is -2.59. The predicted molar refractivity (Wildman–Crippen MR) is 86.3 cm³/mol. The van der Waals surface area contributed by atoms with Crippen LogP contribution in [0.15, 0.2) is 18.2 Å². The molecule has 0 aromatic heterocycles. The van der Waals surface area contributed by atoms with E-state index < -0.39 is 8.69 Å². The van der Waals surface area contributed by atoms with Crippen molar-refractivity contribution in [3.05, 3.63) is 29.3 Å². The second-order valence-electron chi connectivity index (χ2n) is 6.93. The van der Waals surface area contributed by atoms with Crippen LogP contribution in [0.5, 0.6) is 5.75 Å². The zero-order chi connectivity index (χ0) is 15.7. The standard InChI is InChI=1S/C17H23NO.HO2P/c1-18-9-8-17-7-3-2-4-14(17)16(18)10-12-5-6-13(19)11-15(12)17;1-3-2/h5-6,11,14,16,19H,2-4,7-10H2,1H3;(H,1,2)/t14-,16+,17+;/m0./s1. The molecule has 4 rings (SSSR count). The third kappa shape index (κ3) is 2.47. The molecule has 1 aromatic rings. The van der Waals surface area contributed by atoms with Crippen molar-refractivity contribution in [2.75, 3.05) is 13.6 Å². The second-order valence-corrected chi connectivity index (χ2v) is 7.10. The highest BCUT2D eigenvalue weighted by atomic mass is 31.1. The van der Waals surface area contributed by atoms with E-state index in [9.17, 15) is 5.11 Å². The molecule has 0 radical (unpaired) electrons. The van der Waals surface area contributed by atoms with E-state index in [-0.39, 0.29) is 0 Å². The summed E-state index contributed by atoms with van der Waals surface area (Å²) in [6.07, 6.45) is 7.93. The first kappa shape index (κ1) is 15.9. The average molecular weight is 321 g/mol. The predicted octanol–water partition coefficient (Wildman–Crippen LogP) is 3.27. The van der Waals surface area contributed by atoms with Gasteiger partial charge in [-0.2, -0.15) is 0 Å². The lowest BCUT2D eigenvalue weighted by Gasteiger charge is -2.58. The van der Waals surface area contributed by atoms with E-state index in [0.717, 1.165) is 12.0 Å². The molecule has 1 saturated heterocycles. The van der Waals surface area contributed by atoms with E-state index in [1.165, 1.54) is 56.2 Å². The molecule has 0 unspecified atom stereocenters. The number of likely N-dealkylation sites (tertiary alicyclic amines) is 1. The van der Waals surface area contributed by atoms with Crippen LogP contribution >= 0.6 is 8.69 Å². The summed E-state index contributed by atoms with van der Waals surface area (Å²) in [6.45, 7) is 1.22. The summed E-state index contributed by atoms with van der Waals surface area (Å²) in [5.41, 5.74) is 3.36. The summed E-state index contributed by atoms with van der Waals surface area (Å²) in [5, 5.41) is 9.91. The fraction of sp³-hybridized carbons (Fsp3) is 0.647. The van der Waals surface area contributed by atoms with Gasteiger partial charge in [-0.3, -0.25) is 0 Å². The lowest BCUT2D eigenvalue weighted by atomic mass is 9.52. The molecule has 120 valence electrons. The van der Waals surface area contributed by atoms with Crippen molar-refractivity contribution in [1.29, 1.82) is 0 Å². The Bertz CT molecular complexity index is 565. The molecule has 1 saturated carbocycles. The van der Waals surface area contributed by atoms with E-state index in [2.05, 4.69) is 24.1 Å². The number of fused-ring (bicyclic) bond motifs is 1. The van der Waals surface area contributed by atoms with Gasteiger partial charge in [0.15, 0.2) is 0 Å². The Morgan fingerprint density at radius 1 is 1.32 bits per heavy atom. The fourth-order valence-electron chi connectivity index (χ4n) is 5.18. The van der Waals surface area contributed by atoms with Gasteiger partial charge in [-0.05, 0) is 68.5 Å². The van der Waals surface area contributed by atoms with Gasteiger partial charge < -0.3 is 14.9 Å². The number of benzene rings is 1. The van der Waals surface area contributed by atoms with Crippen molar-refractivity contribution in [2.24, 2.45) is 5.92 Å². The molecule has 3 atom stereocenters. The normalized spacial score (nSPS) is 33.4. The van der Waals surface area contributed by atoms with Gasteiger partial charge in [0.1, 0.15) is 5.75 Å². The Balaban J connectivity index is 0.000000446. The van der Waals surface area contributed by atoms with E-state index in [1.54, 1.807) is 0 Å². The smallest absolute Gasteiger partial charge is 0.324 e. The number of rotatable bonds is 0. The zero-order valence-electron chi connectivity index (χ0n) is 13.0. The Morgan fingerprint density at radius 2 is 2.09 bits per heavy atom. The highest BCUT2D eigenvalue weighted by Crippen LogP contribution is 2.55. The van der Waals surface area contributed by atoms with Gasteiger partial charge in [0.05, 0.1) is 0 Å². The highest BCUT2D eigenvalue weighted by molar-refractivity contribution is 7.16. The van der Waals surface area contributed by atoms with Gasteiger partial charge in [-0.1, -0.05) is 18.9 Å². The van der Waals surface area contributed by atoms with Crippen LogP contribution in [-0.4, -0.2) is 34.5 Å². The lowest BCUT2D eigenvalue weighted by molar-refractivity contribution is 0.00274. The average Bonchev–Trinajstić information content (AvgIpc) is 2.52. The van der Waals surface area contributed by atoms with E-state index >= 15 is 0 Å². The van der Waals surface area contributed by atoms with Crippen molar-refractivity contribution < 1.29 is 14.6 Å². The number of hydrogen-bond donors (Lipinski definition) is 2. The van der Waals surface area contributed by atoms with Crippen molar-refractivity contribution in [1.82, 2.24) is 4.90 Å². The van der Waals surface area contributed by atoms with Gasteiger partial charge in [-0.25, -0.2) is 4.57 Å². The Kier molecular flexibility index (Phi) is 4.54. The first-order valence-corrected chi connectivity index (χ1v) is 8.88. The number of phenols is 1. The summed E-state index contributed by atoms with van der Waals surface area (Å²) >= 11 is 0. The van der Waals surface area contributed by atoms with Crippen LogP contribution in [0.4, 0.5) is 0 Å².